The molecule has 32 heavy (non-hydrogen) atoms. The van der Waals surface area contributed by atoms with E-state index >= 15 is 0 Å². The fourth-order valence-corrected chi connectivity index (χ4v) is 4.68. The van der Waals surface area contributed by atoms with Crippen LogP contribution in [0.15, 0.2) is 78.0 Å². The molecule has 2 heterocycles. The highest BCUT2D eigenvalue weighted by Gasteiger charge is 2.20. The first-order valence-corrected chi connectivity index (χ1v) is 11.5. The van der Waals surface area contributed by atoms with Gasteiger partial charge in [0.1, 0.15) is 16.4 Å². The number of sulfonamides is 1. The van der Waals surface area contributed by atoms with E-state index in [1.165, 1.54) is 30.3 Å². The zero-order valence-electron chi connectivity index (χ0n) is 16.6. The van der Waals surface area contributed by atoms with E-state index in [-0.39, 0.29) is 21.2 Å². The van der Waals surface area contributed by atoms with E-state index in [2.05, 4.69) is 15.0 Å². The fourth-order valence-electron chi connectivity index (χ4n) is 3.09. The van der Waals surface area contributed by atoms with Crippen molar-refractivity contribution in [3.8, 4) is 0 Å². The summed E-state index contributed by atoms with van der Waals surface area (Å²) < 4.78 is 42.7. The Balaban J connectivity index is 1.44. The summed E-state index contributed by atoms with van der Waals surface area (Å²) in [6.07, 6.45) is 4.29. The molecule has 1 amide bonds. The minimum Gasteiger partial charge on any atom is -0.352 e. The van der Waals surface area contributed by atoms with Crippen LogP contribution in [0.4, 0.5) is 10.1 Å². The van der Waals surface area contributed by atoms with E-state index < -0.39 is 21.7 Å². The molecule has 0 fully saturated rings. The number of fused-ring (bicyclic) bond motifs is 1. The van der Waals surface area contributed by atoms with Gasteiger partial charge in [0, 0.05) is 36.6 Å². The summed E-state index contributed by atoms with van der Waals surface area (Å²) in [6, 6.07) is 14.5. The molecule has 0 saturated carbocycles. The van der Waals surface area contributed by atoms with Crippen molar-refractivity contribution in [2.45, 2.75) is 11.3 Å². The lowest BCUT2D eigenvalue weighted by molar-refractivity contribution is 0.0954. The van der Waals surface area contributed by atoms with Crippen LogP contribution in [0, 0.1) is 5.82 Å². The third-order valence-electron chi connectivity index (χ3n) is 4.66. The normalized spacial score (nSPS) is 11.4. The van der Waals surface area contributed by atoms with Gasteiger partial charge in [-0.2, -0.15) is 0 Å². The Morgan fingerprint density at radius 3 is 2.62 bits per heavy atom. The zero-order chi connectivity index (χ0) is 22.7. The van der Waals surface area contributed by atoms with Crippen LogP contribution in [-0.2, 0) is 16.4 Å². The summed E-state index contributed by atoms with van der Waals surface area (Å²) in [4.78, 5) is 16.8. The molecule has 4 rings (SSSR count). The van der Waals surface area contributed by atoms with Gasteiger partial charge in [-0.3, -0.25) is 9.52 Å². The predicted octanol–water partition coefficient (Wildman–Crippen LogP) is 3.90. The van der Waals surface area contributed by atoms with Crippen LogP contribution in [0.25, 0.3) is 5.65 Å². The Morgan fingerprint density at radius 2 is 1.88 bits per heavy atom. The van der Waals surface area contributed by atoms with Gasteiger partial charge in [0.25, 0.3) is 15.9 Å². The molecular formula is C22H18ClFN4O3S. The number of nitrogens with one attached hydrogen (secondary N) is 2. The molecule has 4 aromatic rings. The maximum atomic E-state index is 13.1. The molecule has 2 aromatic carbocycles. The highest BCUT2D eigenvalue weighted by molar-refractivity contribution is 7.92. The Morgan fingerprint density at radius 1 is 1.09 bits per heavy atom. The number of nitrogens with zero attached hydrogens (tertiary/aromatic N) is 2. The molecule has 0 aliphatic rings. The Labute approximate surface area is 188 Å². The van der Waals surface area contributed by atoms with Crippen molar-refractivity contribution >= 4 is 38.9 Å². The second-order valence-corrected chi connectivity index (χ2v) is 9.02. The number of carbonyl (C=O) groups excluding carboxylic acids is 1. The molecule has 0 aliphatic carbocycles. The number of anilines is 1. The summed E-state index contributed by atoms with van der Waals surface area (Å²) in [6.45, 7) is 0.321. The van der Waals surface area contributed by atoms with Crippen LogP contribution in [0.5, 0.6) is 0 Å². The first-order chi connectivity index (χ1) is 15.3. The van der Waals surface area contributed by atoms with E-state index in [1.54, 1.807) is 0 Å². The lowest BCUT2D eigenvalue weighted by Crippen LogP contribution is -2.26. The summed E-state index contributed by atoms with van der Waals surface area (Å²) in [7, 11) is -4.09. The number of halogens is 2. The number of imidazole rings is 1. The second kappa shape index (κ2) is 8.97. The van der Waals surface area contributed by atoms with Crippen LogP contribution < -0.4 is 10.0 Å². The number of aromatic nitrogens is 2. The molecule has 7 nitrogen and oxygen atoms in total. The number of rotatable bonds is 7. The van der Waals surface area contributed by atoms with E-state index in [4.69, 9.17) is 11.6 Å². The van der Waals surface area contributed by atoms with Crippen LogP contribution in [0.2, 0.25) is 5.02 Å². The maximum absolute atomic E-state index is 13.1. The van der Waals surface area contributed by atoms with Crippen LogP contribution in [0.1, 0.15) is 16.1 Å². The van der Waals surface area contributed by atoms with Gasteiger partial charge in [-0.15, -0.1) is 0 Å². The topological polar surface area (TPSA) is 92.6 Å². The number of benzene rings is 2. The molecule has 0 radical (unpaired) electrons. The number of carbonyl (C=O) groups is 1. The lowest BCUT2D eigenvalue weighted by Gasteiger charge is -2.11. The van der Waals surface area contributed by atoms with Gasteiger partial charge >= 0.3 is 0 Å². The molecule has 0 spiro atoms. The maximum Gasteiger partial charge on any atom is 0.263 e. The van der Waals surface area contributed by atoms with Gasteiger partial charge in [0.2, 0.25) is 0 Å². The molecule has 0 atom stereocenters. The zero-order valence-corrected chi connectivity index (χ0v) is 18.2. The minimum absolute atomic E-state index is 0.0409. The van der Waals surface area contributed by atoms with Gasteiger partial charge in [-0.1, -0.05) is 17.7 Å². The van der Waals surface area contributed by atoms with Gasteiger partial charge in [-0.25, -0.2) is 17.8 Å². The first kappa shape index (κ1) is 21.8. The monoisotopic (exact) mass is 472 g/mol. The predicted molar refractivity (Wildman–Crippen MR) is 120 cm³/mol. The van der Waals surface area contributed by atoms with E-state index in [9.17, 15) is 17.6 Å². The molecule has 0 aliphatic heterocycles. The number of hydrogen-bond acceptors (Lipinski definition) is 4. The summed E-state index contributed by atoms with van der Waals surface area (Å²) in [5.74, 6) is -0.933. The third kappa shape index (κ3) is 4.90. The van der Waals surface area contributed by atoms with Crippen molar-refractivity contribution in [3.63, 3.8) is 0 Å². The van der Waals surface area contributed by atoms with Crippen LogP contribution >= 0.6 is 11.6 Å². The van der Waals surface area contributed by atoms with Crippen LogP contribution in [0.3, 0.4) is 0 Å². The van der Waals surface area contributed by atoms with Gasteiger partial charge in [-0.05, 0) is 54.6 Å². The summed E-state index contributed by atoms with van der Waals surface area (Å²) >= 11 is 6.08. The minimum atomic E-state index is -4.09. The fraction of sp³-hybridized carbons (Fsp3) is 0.0909. The largest absolute Gasteiger partial charge is 0.352 e. The molecular weight excluding hydrogens is 455 g/mol. The van der Waals surface area contributed by atoms with Crippen molar-refractivity contribution in [1.82, 2.24) is 14.7 Å². The summed E-state index contributed by atoms with van der Waals surface area (Å²) in [5, 5.41) is 2.72. The molecule has 2 aromatic heterocycles. The van der Waals surface area contributed by atoms with Crippen molar-refractivity contribution in [2.24, 2.45) is 0 Å². The van der Waals surface area contributed by atoms with Gasteiger partial charge in [0.05, 0.1) is 10.7 Å². The van der Waals surface area contributed by atoms with Gasteiger partial charge < -0.3 is 9.72 Å². The third-order valence-corrected chi connectivity index (χ3v) is 6.52. The Kier molecular flexibility index (Phi) is 6.11. The first-order valence-electron chi connectivity index (χ1n) is 9.60. The number of pyridine rings is 1. The SMILES string of the molecule is O=C(NCCc1cn2ccccc2n1)c1ccc(Cl)c(S(=O)(=O)Nc2ccc(F)cc2)c1. The van der Waals surface area contributed by atoms with E-state index in [0.29, 0.717) is 13.0 Å². The van der Waals surface area contributed by atoms with E-state index in [1.807, 2.05) is 35.0 Å². The highest BCUT2D eigenvalue weighted by Crippen LogP contribution is 2.25. The smallest absolute Gasteiger partial charge is 0.263 e. The number of hydrogen-bond donors (Lipinski definition) is 2. The average molecular weight is 473 g/mol. The molecule has 0 unspecified atom stereocenters. The quantitative estimate of drug-likeness (QED) is 0.426. The average Bonchev–Trinajstić information content (AvgIpc) is 3.18. The lowest BCUT2D eigenvalue weighted by atomic mass is 10.2. The molecule has 2 N–H and O–H groups in total. The van der Waals surface area contributed by atoms with Crippen molar-refractivity contribution in [2.75, 3.05) is 11.3 Å². The number of amides is 1. The Bertz CT molecular complexity index is 1360. The van der Waals surface area contributed by atoms with Crippen LogP contribution in [-0.4, -0.2) is 30.3 Å². The highest BCUT2D eigenvalue weighted by atomic mass is 35.5. The van der Waals surface area contributed by atoms with Crippen molar-refractivity contribution < 1.29 is 17.6 Å². The second-order valence-electron chi connectivity index (χ2n) is 6.96. The molecule has 0 bridgehead atoms. The van der Waals surface area contributed by atoms with Crippen molar-refractivity contribution in [3.05, 3.63) is 95.2 Å². The molecule has 10 heteroatoms. The molecule has 164 valence electrons. The standard InChI is InChI=1S/C22H18ClFN4O3S/c23-19-9-4-15(13-20(19)32(30,31)27-17-7-5-16(24)6-8-17)22(29)25-11-10-18-14-28-12-2-1-3-21(28)26-18/h1-9,12-14,27H,10-11H2,(H,25,29). The van der Waals surface area contributed by atoms with Gasteiger partial charge in [0.15, 0.2) is 0 Å². The Hall–Kier alpha value is -3.43. The molecule has 0 saturated heterocycles. The summed E-state index contributed by atoms with van der Waals surface area (Å²) in [5.41, 5.74) is 1.95. The van der Waals surface area contributed by atoms with Crippen molar-refractivity contribution in [1.29, 1.82) is 0 Å². The van der Waals surface area contributed by atoms with E-state index in [0.717, 1.165) is 23.5 Å².